The van der Waals surface area contributed by atoms with Gasteiger partial charge in [-0.1, -0.05) is 31.2 Å². The van der Waals surface area contributed by atoms with Crippen molar-refractivity contribution in [3.63, 3.8) is 0 Å². The van der Waals surface area contributed by atoms with E-state index in [0.717, 1.165) is 34.9 Å². The van der Waals surface area contributed by atoms with Gasteiger partial charge in [0.25, 0.3) is 0 Å². The standard InChI is InChI=1S/C21H24N4O/c1-4-16-5-9-18(10-6-16)24-21-23-15(2)13-20(25-21)22-14-17-7-11-19(26-3)12-8-17/h5-13H,4,14H2,1-3H3,(H2,22,23,24,25). The van der Waals surface area contributed by atoms with Gasteiger partial charge in [-0.15, -0.1) is 0 Å². The monoisotopic (exact) mass is 348 g/mol. The lowest BCUT2D eigenvalue weighted by atomic mass is 10.1. The van der Waals surface area contributed by atoms with E-state index >= 15 is 0 Å². The number of aryl methyl sites for hydroxylation is 2. The number of hydrogen-bond acceptors (Lipinski definition) is 5. The SMILES string of the molecule is CCc1ccc(Nc2nc(C)cc(NCc3ccc(OC)cc3)n2)cc1. The minimum Gasteiger partial charge on any atom is -0.497 e. The molecule has 0 bridgehead atoms. The molecule has 1 heterocycles. The summed E-state index contributed by atoms with van der Waals surface area (Å²) in [6, 6.07) is 18.2. The summed E-state index contributed by atoms with van der Waals surface area (Å²) in [5.41, 5.74) is 4.35. The van der Waals surface area contributed by atoms with Crippen molar-refractivity contribution >= 4 is 17.5 Å². The van der Waals surface area contributed by atoms with Crippen LogP contribution in [0.3, 0.4) is 0 Å². The van der Waals surface area contributed by atoms with Gasteiger partial charge in [0.2, 0.25) is 5.95 Å². The Morgan fingerprint density at radius 3 is 2.27 bits per heavy atom. The molecule has 0 spiro atoms. The summed E-state index contributed by atoms with van der Waals surface area (Å²) in [4.78, 5) is 9.03. The first kappa shape index (κ1) is 17.7. The first-order valence-corrected chi connectivity index (χ1v) is 8.74. The van der Waals surface area contributed by atoms with E-state index < -0.39 is 0 Å². The number of aromatic nitrogens is 2. The molecule has 0 saturated carbocycles. The number of methoxy groups -OCH3 is 1. The number of nitrogens with one attached hydrogen (secondary N) is 2. The largest absolute Gasteiger partial charge is 0.497 e. The molecule has 2 N–H and O–H groups in total. The number of hydrogen-bond donors (Lipinski definition) is 2. The highest BCUT2D eigenvalue weighted by molar-refractivity contribution is 5.55. The molecule has 0 radical (unpaired) electrons. The Hall–Kier alpha value is -3.08. The zero-order valence-electron chi connectivity index (χ0n) is 15.4. The Morgan fingerprint density at radius 2 is 1.62 bits per heavy atom. The Bertz CT molecular complexity index is 845. The van der Waals surface area contributed by atoms with Gasteiger partial charge in [-0.05, 0) is 48.7 Å². The van der Waals surface area contributed by atoms with Gasteiger partial charge in [-0.25, -0.2) is 4.98 Å². The fourth-order valence-corrected chi connectivity index (χ4v) is 2.60. The second-order valence-corrected chi connectivity index (χ2v) is 6.10. The Balaban J connectivity index is 1.67. The van der Waals surface area contributed by atoms with Gasteiger partial charge in [0.1, 0.15) is 11.6 Å². The van der Waals surface area contributed by atoms with E-state index in [-0.39, 0.29) is 0 Å². The summed E-state index contributed by atoms with van der Waals surface area (Å²) in [7, 11) is 1.67. The van der Waals surface area contributed by atoms with E-state index in [0.29, 0.717) is 12.5 Å². The van der Waals surface area contributed by atoms with Gasteiger partial charge < -0.3 is 15.4 Å². The molecular weight excluding hydrogens is 324 g/mol. The Morgan fingerprint density at radius 1 is 0.923 bits per heavy atom. The van der Waals surface area contributed by atoms with Crippen LogP contribution in [0.15, 0.2) is 54.6 Å². The van der Waals surface area contributed by atoms with Crippen molar-refractivity contribution in [3.05, 3.63) is 71.4 Å². The second-order valence-electron chi connectivity index (χ2n) is 6.10. The predicted molar refractivity (Wildman–Crippen MR) is 106 cm³/mol. The maximum Gasteiger partial charge on any atom is 0.229 e. The van der Waals surface area contributed by atoms with Crippen LogP contribution in [0.25, 0.3) is 0 Å². The van der Waals surface area contributed by atoms with Gasteiger partial charge in [-0.2, -0.15) is 4.98 Å². The zero-order valence-corrected chi connectivity index (χ0v) is 15.4. The third kappa shape index (κ3) is 4.72. The molecule has 2 aromatic carbocycles. The van der Waals surface area contributed by atoms with E-state index in [2.05, 4.69) is 51.8 Å². The highest BCUT2D eigenvalue weighted by atomic mass is 16.5. The summed E-state index contributed by atoms with van der Waals surface area (Å²) < 4.78 is 5.19. The number of nitrogens with zero attached hydrogens (tertiary/aromatic N) is 2. The van der Waals surface area contributed by atoms with Crippen molar-refractivity contribution in [2.24, 2.45) is 0 Å². The second kappa shape index (κ2) is 8.34. The summed E-state index contributed by atoms with van der Waals surface area (Å²) in [5, 5.41) is 6.62. The lowest BCUT2D eigenvalue weighted by molar-refractivity contribution is 0.414. The molecule has 5 nitrogen and oxygen atoms in total. The van der Waals surface area contributed by atoms with E-state index in [1.165, 1.54) is 5.56 Å². The van der Waals surface area contributed by atoms with Crippen LogP contribution in [-0.4, -0.2) is 17.1 Å². The third-order valence-corrected chi connectivity index (χ3v) is 4.11. The first-order chi connectivity index (χ1) is 12.7. The molecule has 3 rings (SSSR count). The molecule has 5 heteroatoms. The number of anilines is 3. The number of ether oxygens (including phenoxy) is 1. The molecule has 3 aromatic rings. The number of benzene rings is 2. The normalized spacial score (nSPS) is 10.4. The van der Waals surface area contributed by atoms with Crippen LogP contribution in [-0.2, 0) is 13.0 Å². The van der Waals surface area contributed by atoms with Crippen LogP contribution in [0.2, 0.25) is 0 Å². The van der Waals surface area contributed by atoms with E-state index in [1.807, 2.05) is 37.3 Å². The van der Waals surface area contributed by atoms with Crippen molar-refractivity contribution in [1.82, 2.24) is 9.97 Å². The van der Waals surface area contributed by atoms with Crippen molar-refractivity contribution in [3.8, 4) is 5.75 Å². The van der Waals surface area contributed by atoms with Gasteiger partial charge >= 0.3 is 0 Å². The molecule has 0 unspecified atom stereocenters. The maximum absolute atomic E-state index is 5.19. The van der Waals surface area contributed by atoms with Crippen LogP contribution in [0.4, 0.5) is 17.5 Å². The third-order valence-electron chi connectivity index (χ3n) is 4.11. The molecule has 134 valence electrons. The molecule has 0 aliphatic rings. The summed E-state index contributed by atoms with van der Waals surface area (Å²) in [5.74, 6) is 2.24. The van der Waals surface area contributed by atoms with E-state index in [9.17, 15) is 0 Å². The summed E-state index contributed by atoms with van der Waals surface area (Å²) in [6.07, 6.45) is 1.03. The molecular formula is C21H24N4O. The molecule has 0 amide bonds. The average molecular weight is 348 g/mol. The zero-order chi connectivity index (χ0) is 18.4. The fraction of sp³-hybridized carbons (Fsp3) is 0.238. The molecule has 0 saturated heterocycles. The molecule has 1 aromatic heterocycles. The Kier molecular flexibility index (Phi) is 5.69. The van der Waals surface area contributed by atoms with Crippen molar-refractivity contribution in [1.29, 1.82) is 0 Å². The van der Waals surface area contributed by atoms with E-state index in [4.69, 9.17) is 4.74 Å². The van der Waals surface area contributed by atoms with Gasteiger partial charge in [-0.3, -0.25) is 0 Å². The lowest BCUT2D eigenvalue weighted by Crippen LogP contribution is -2.05. The molecule has 0 aliphatic carbocycles. The topological polar surface area (TPSA) is 59.1 Å². The van der Waals surface area contributed by atoms with E-state index in [1.54, 1.807) is 7.11 Å². The van der Waals surface area contributed by atoms with Gasteiger partial charge in [0.15, 0.2) is 0 Å². The van der Waals surface area contributed by atoms with Crippen LogP contribution in [0.1, 0.15) is 23.7 Å². The van der Waals surface area contributed by atoms with Crippen LogP contribution >= 0.6 is 0 Å². The fourth-order valence-electron chi connectivity index (χ4n) is 2.60. The smallest absolute Gasteiger partial charge is 0.229 e. The van der Waals surface area contributed by atoms with Gasteiger partial charge in [0, 0.05) is 24.0 Å². The van der Waals surface area contributed by atoms with Crippen molar-refractivity contribution in [2.45, 2.75) is 26.8 Å². The molecule has 0 aliphatic heterocycles. The lowest BCUT2D eigenvalue weighted by Gasteiger charge is -2.11. The highest BCUT2D eigenvalue weighted by Gasteiger charge is 2.04. The van der Waals surface area contributed by atoms with Crippen molar-refractivity contribution in [2.75, 3.05) is 17.7 Å². The molecule has 0 fully saturated rings. The molecule has 26 heavy (non-hydrogen) atoms. The van der Waals surface area contributed by atoms with Crippen LogP contribution < -0.4 is 15.4 Å². The summed E-state index contributed by atoms with van der Waals surface area (Å²) in [6.45, 7) is 4.80. The van der Waals surface area contributed by atoms with Crippen molar-refractivity contribution < 1.29 is 4.74 Å². The number of rotatable bonds is 7. The minimum absolute atomic E-state index is 0.589. The predicted octanol–water partition coefficient (Wildman–Crippen LogP) is 4.71. The highest BCUT2D eigenvalue weighted by Crippen LogP contribution is 2.18. The van der Waals surface area contributed by atoms with Crippen LogP contribution in [0, 0.1) is 6.92 Å². The maximum atomic E-state index is 5.19. The van der Waals surface area contributed by atoms with Crippen LogP contribution in [0.5, 0.6) is 5.75 Å². The van der Waals surface area contributed by atoms with Gasteiger partial charge in [0.05, 0.1) is 7.11 Å². The molecule has 0 atom stereocenters. The minimum atomic E-state index is 0.589. The first-order valence-electron chi connectivity index (χ1n) is 8.74. The summed E-state index contributed by atoms with van der Waals surface area (Å²) >= 11 is 0. The quantitative estimate of drug-likeness (QED) is 0.647. The average Bonchev–Trinajstić information content (AvgIpc) is 2.67. The Labute approximate surface area is 154 Å².